The molecule has 2 aliphatic rings. The van der Waals surface area contributed by atoms with Crippen LogP contribution in [-0.2, 0) is 9.09 Å². The topological polar surface area (TPSA) is 84.7 Å². The number of nitro groups is 1. The van der Waals surface area contributed by atoms with E-state index in [1.165, 1.54) is 6.07 Å². The van der Waals surface area contributed by atoms with Crippen LogP contribution >= 0.6 is 7.67 Å². The van der Waals surface area contributed by atoms with E-state index in [9.17, 15) is 27.9 Å². The maximum atomic E-state index is 13.0. The molecule has 2 saturated heterocycles. The monoisotopic (exact) mass is 395 g/mol. The molecular formula is C14H17F3N3O5P. The summed E-state index contributed by atoms with van der Waals surface area (Å²) in [6.07, 6.45) is -5.36. The minimum absolute atomic E-state index is 0.344. The van der Waals surface area contributed by atoms with Gasteiger partial charge in [-0.3, -0.25) is 19.2 Å². The number of benzene rings is 1. The SMILES string of the molecule is CC(OP(=O)(N1CC1)N1CC1)c1ccc([N+](=O)[O-])c(OCC(F)(F)F)c1. The number of rotatable bonds is 8. The van der Waals surface area contributed by atoms with Crippen molar-refractivity contribution in [2.45, 2.75) is 19.2 Å². The first-order valence-electron chi connectivity index (χ1n) is 7.87. The Morgan fingerprint density at radius 2 is 1.85 bits per heavy atom. The lowest BCUT2D eigenvalue weighted by molar-refractivity contribution is -0.386. The molecule has 2 heterocycles. The van der Waals surface area contributed by atoms with Crippen LogP contribution in [0.15, 0.2) is 18.2 Å². The Hall–Kier alpha value is -1.68. The minimum Gasteiger partial charge on any atom is -0.477 e. The van der Waals surface area contributed by atoms with Gasteiger partial charge < -0.3 is 4.74 Å². The highest BCUT2D eigenvalue weighted by Crippen LogP contribution is 2.63. The summed E-state index contributed by atoms with van der Waals surface area (Å²) in [5, 5.41) is 11.0. The number of nitro benzene ring substituents is 1. The second kappa shape index (κ2) is 6.80. The molecule has 0 saturated carbocycles. The van der Waals surface area contributed by atoms with Crippen LogP contribution in [0.4, 0.5) is 18.9 Å². The van der Waals surface area contributed by atoms with Crippen LogP contribution in [0.2, 0.25) is 0 Å². The first kappa shape index (κ1) is 19.1. The maximum Gasteiger partial charge on any atom is 0.422 e. The van der Waals surface area contributed by atoms with Gasteiger partial charge in [-0.25, -0.2) is 9.34 Å². The zero-order valence-electron chi connectivity index (χ0n) is 13.8. The van der Waals surface area contributed by atoms with Crippen LogP contribution in [0.25, 0.3) is 0 Å². The standard InChI is InChI=1S/C14H17F3N3O5P/c1-10(25-26(23,18-4-5-18)19-6-7-19)11-2-3-12(20(21)22)13(8-11)24-9-14(15,16)17/h2-3,8,10H,4-7,9H2,1H3. The Labute approximate surface area is 147 Å². The molecule has 2 fully saturated rings. The zero-order valence-corrected chi connectivity index (χ0v) is 14.7. The van der Waals surface area contributed by atoms with Gasteiger partial charge in [-0.15, -0.1) is 0 Å². The molecule has 0 aliphatic carbocycles. The molecule has 26 heavy (non-hydrogen) atoms. The summed E-state index contributed by atoms with van der Waals surface area (Å²) in [5.74, 6) is -0.506. The molecule has 144 valence electrons. The third-order valence-corrected chi connectivity index (χ3v) is 6.72. The maximum absolute atomic E-state index is 13.0. The first-order chi connectivity index (χ1) is 12.1. The number of hydrogen-bond acceptors (Lipinski definition) is 5. The summed E-state index contributed by atoms with van der Waals surface area (Å²) in [5.41, 5.74) is -0.234. The highest BCUT2D eigenvalue weighted by Gasteiger charge is 2.50. The lowest BCUT2D eigenvalue weighted by Gasteiger charge is -2.24. The van der Waals surface area contributed by atoms with E-state index in [1.807, 2.05) is 0 Å². The molecule has 1 atom stereocenters. The number of nitrogens with zero attached hydrogens (tertiary/aromatic N) is 3. The van der Waals surface area contributed by atoms with E-state index in [0.717, 1.165) is 12.1 Å². The second-order valence-electron chi connectivity index (χ2n) is 6.03. The third kappa shape index (κ3) is 4.35. The van der Waals surface area contributed by atoms with Crippen LogP contribution in [0.1, 0.15) is 18.6 Å². The number of hydrogen-bond donors (Lipinski definition) is 0. The van der Waals surface area contributed by atoms with Gasteiger partial charge in [-0.1, -0.05) is 0 Å². The molecule has 0 amide bonds. The summed E-state index contributed by atoms with van der Waals surface area (Å²) in [4.78, 5) is 10.2. The second-order valence-corrected chi connectivity index (χ2v) is 8.36. The van der Waals surface area contributed by atoms with Gasteiger partial charge >= 0.3 is 19.5 Å². The lowest BCUT2D eigenvalue weighted by Crippen LogP contribution is -2.19. The largest absolute Gasteiger partial charge is 0.477 e. The van der Waals surface area contributed by atoms with Crippen molar-refractivity contribution in [2.75, 3.05) is 32.8 Å². The van der Waals surface area contributed by atoms with E-state index in [4.69, 9.17) is 4.52 Å². The van der Waals surface area contributed by atoms with Gasteiger partial charge in [0.1, 0.15) is 0 Å². The number of alkyl halides is 3. The van der Waals surface area contributed by atoms with Crippen LogP contribution in [-0.4, -0.2) is 53.2 Å². The Balaban J connectivity index is 1.80. The van der Waals surface area contributed by atoms with Gasteiger partial charge in [0.2, 0.25) is 0 Å². The average molecular weight is 395 g/mol. The Morgan fingerprint density at radius 3 is 2.31 bits per heavy atom. The molecule has 0 radical (unpaired) electrons. The molecule has 1 aromatic carbocycles. The van der Waals surface area contributed by atoms with Gasteiger partial charge in [0, 0.05) is 32.2 Å². The molecule has 2 aliphatic heterocycles. The van der Waals surface area contributed by atoms with Crippen molar-refractivity contribution in [1.82, 2.24) is 9.34 Å². The summed E-state index contributed by atoms with van der Waals surface area (Å²) in [6, 6.07) is 3.54. The molecule has 3 rings (SSSR count). The summed E-state index contributed by atoms with van der Waals surface area (Å²) in [7, 11) is -3.14. The van der Waals surface area contributed by atoms with Crippen LogP contribution in [0, 0.1) is 10.1 Å². The Morgan fingerprint density at radius 1 is 1.27 bits per heavy atom. The fraction of sp³-hybridized carbons (Fsp3) is 0.571. The van der Waals surface area contributed by atoms with E-state index >= 15 is 0 Å². The number of ether oxygens (including phenoxy) is 1. The van der Waals surface area contributed by atoms with Crippen LogP contribution < -0.4 is 4.74 Å². The van der Waals surface area contributed by atoms with Crippen LogP contribution in [0.5, 0.6) is 5.75 Å². The van der Waals surface area contributed by atoms with Crippen molar-refractivity contribution in [2.24, 2.45) is 0 Å². The first-order valence-corrected chi connectivity index (χ1v) is 9.40. The van der Waals surface area contributed by atoms with Gasteiger partial charge in [-0.05, 0) is 24.6 Å². The molecule has 0 aromatic heterocycles. The zero-order chi connectivity index (χ0) is 19.1. The smallest absolute Gasteiger partial charge is 0.422 e. The quantitative estimate of drug-likeness (QED) is 0.289. The summed E-state index contributed by atoms with van der Waals surface area (Å²) >= 11 is 0. The van der Waals surface area contributed by atoms with Crippen molar-refractivity contribution in [3.8, 4) is 5.75 Å². The van der Waals surface area contributed by atoms with Crippen molar-refractivity contribution in [3.05, 3.63) is 33.9 Å². The summed E-state index contributed by atoms with van der Waals surface area (Å²) in [6.45, 7) is 2.56. The van der Waals surface area contributed by atoms with E-state index in [-0.39, 0.29) is 0 Å². The van der Waals surface area contributed by atoms with Gasteiger partial charge in [0.05, 0.1) is 11.0 Å². The molecule has 1 aromatic rings. The van der Waals surface area contributed by atoms with E-state index < -0.39 is 42.9 Å². The van der Waals surface area contributed by atoms with E-state index in [2.05, 4.69) is 4.74 Å². The van der Waals surface area contributed by atoms with Crippen LogP contribution in [0.3, 0.4) is 0 Å². The third-order valence-electron chi connectivity index (χ3n) is 3.90. The van der Waals surface area contributed by atoms with Crippen molar-refractivity contribution in [1.29, 1.82) is 0 Å². The fourth-order valence-corrected chi connectivity index (χ4v) is 4.73. The number of halogens is 3. The van der Waals surface area contributed by atoms with Crippen molar-refractivity contribution >= 4 is 13.4 Å². The van der Waals surface area contributed by atoms with Gasteiger partial charge in [-0.2, -0.15) is 13.2 Å². The van der Waals surface area contributed by atoms with Crippen molar-refractivity contribution in [3.63, 3.8) is 0 Å². The fourth-order valence-electron chi connectivity index (χ4n) is 2.38. The van der Waals surface area contributed by atoms with E-state index in [1.54, 1.807) is 16.3 Å². The van der Waals surface area contributed by atoms with E-state index in [0.29, 0.717) is 31.7 Å². The predicted molar refractivity (Wildman–Crippen MR) is 84.9 cm³/mol. The Bertz CT molecular complexity index is 736. The molecule has 0 bridgehead atoms. The van der Waals surface area contributed by atoms with Crippen molar-refractivity contribution < 1.29 is 31.9 Å². The summed E-state index contributed by atoms with van der Waals surface area (Å²) < 4.78 is 63.8. The molecule has 8 nitrogen and oxygen atoms in total. The Kier molecular flexibility index (Phi) is 5.00. The molecule has 0 N–H and O–H groups in total. The van der Waals surface area contributed by atoms with Gasteiger partial charge in [0.25, 0.3) is 0 Å². The average Bonchev–Trinajstić information content (AvgIpc) is 3.42. The molecular weight excluding hydrogens is 378 g/mol. The minimum atomic E-state index is -4.62. The normalized spacial score (nSPS) is 19.2. The highest BCUT2D eigenvalue weighted by molar-refractivity contribution is 7.54. The van der Waals surface area contributed by atoms with Gasteiger partial charge in [0.15, 0.2) is 12.4 Å². The molecule has 1 unspecified atom stereocenters. The lowest BCUT2D eigenvalue weighted by atomic mass is 10.1. The molecule has 0 spiro atoms. The highest BCUT2D eigenvalue weighted by atomic mass is 31.2. The predicted octanol–water partition coefficient (Wildman–Crippen LogP) is 3.35. The molecule has 12 heteroatoms.